The van der Waals surface area contributed by atoms with Gasteiger partial charge in [-0.3, -0.25) is 4.90 Å². The Balaban J connectivity index is 1.34. The van der Waals surface area contributed by atoms with Crippen molar-refractivity contribution in [3.8, 4) is 5.88 Å². The molecule has 0 saturated carbocycles. The van der Waals surface area contributed by atoms with Crippen molar-refractivity contribution >= 4 is 17.0 Å². The number of alkyl halides is 1. The van der Waals surface area contributed by atoms with Gasteiger partial charge in [0.15, 0.2) is 0 Å². The number of ether oxygens (including phenoxy) is 3. The van der Waals surface area contributed by atoms with Crippen LogP contribution in [0, 0.1) is 0 Å². The first-order chi connectivity index (χ1) is 14.6. The van der Waals surface area contributed by atoms with E-state index >= 15 is 0 Å². The van der Waals surface area contributed by atoms with Gasteiger partial charge < -0.3 is 19.2 Å². The molecule has 30 heavy (non-hydrogen) atoms. The Morgan fingerprint density at radius 3 is 2.87 bits per heavy atom. The smallest absolute Gasteiger partial charge is 0.337 e. The van der Waals surface area contributed by atoms with E-state index in [0.717, 1.165) is 5.56 Å². The van der Waals surface area contributed by atoms with Gasteiger partial charge in [-0.25, -0.2) is 19.2 Å². The van der Waals surface area contributed by atoms with Gasteiger partial charge in [-0.1, -0.05) is 6.07 Å². The molecule has 9 heteroatoms. The monoisotopic (exact) mass is 414 g/mol. The van der Waals surface area contributed by atoms with E-state index in [2.05, 4.69) is 15.0 Å². The lowest BCUT2D eigenvalue weighted by atomic mass is 10.2. The van der Waals surface area contributed by atoms with Gasteiger partial charge in [0.2, 0.25) is 5.88 Å². The van der Waals surface area contributed by atoms with Crippen molar-refractivity contribution in [2.24, 2.45) is 0 Å². The molecule has 0 unspecified atom stereocenters. The second-order valence-electron chi connectivity index (χ2n) is 7.18. The van der Waals surface area contributed by atoms with Crippen LogP contribution in [0.3, 0.4) is 0 Å². The minimum atomic E-state index is -1.08. The SMILES string of the molecule is COC(=O)c1ccc2nc(CO[C@H]3CN(Cc4ccc(OC)nc4)C[C@H]3F)[nH]c2c1. The molecule has 0 aliphatic carbocycles. The van der Waals surface area contributed by atoms with Crippen LogP contribution >= 0.6 is 0 Å². The van der Waals surface area contributed by atoms with Crippen LogP contribution in [0.15, 0.2) is 36.5 Å². The second-order valence-corrected chi connectivity index (χ2v) is 7.18. The van der Waals surface area contributed by atoms with E-state index < -0.39 is 18.2 Å². The summed E-state index contributed by atoms with van der Waals surface area (Å²) in [5.74, 6) is 0.717. The molecule has 158 valence electrons. The van der Waals surface area contributed by atoms with Crippen LogP contribution in [-0.2, 0) is 22.6 Å². The number of carbonyl (C=O) groups is 1. The summed E-state index contributed by atoms with van der Waals surface area (Å²) in [5.41, 5.74) is 2.83. The number of nitrogens with zero attached hydrogens (tertiary/aromatic N) is 3. The van der Waals surface area contributed by atoms with Crippen LogP contribution in [0.5, 0.6) is 5.88 Å². The lowest BCUT2D eigenvalue weighted by molar-refractivity contribution is 0.00863. The molecule has 1 N–H and O–H groups in total. The third-order valence-corrected chi connectivity index (χ3v) is 5.07. The minimum absolute atomic E-state index is 0.158. The van der Waals surface area contributed by atoms with Crippen LogP contribution < -0.4 is 4.74 Å². The van der Waals surface area contributed by atoms with E-state index in [-0.39, 0.29) is 6.61 Å². The van der Waals surface area contributed by atoms with Crippen molar-refractivity contribution in [3.05, 3.63) is 53.5 Å². The first-order valence-electron chi connectivity index (χ1n) is 9.59. The zero-order valence-corrected chi connectivity index (χ0v) is 16.8. The Labute approximate surface area is 173 Å². The second kappa shape index (κ2) is 8.76. The van der Waals surface area contributed by atoms with E-state index in [1.807, 2.05) is 11.0 Å². The molecule has 0 spiro atoms. The fraction of sp³-hybridized carbons (Fsp3) is 0.381. The first-order valence-corrected chi connectivity index (χ1v) is 9.59. The number of pyridine rings is 1. The van der Waals surface area contributed by atoms with E-state index in [1.54, 1.807) is 37.6 Å². The highest BCUT2D eigenvalue weighted by atomic mass is 19.1. The number of methoxy groups -OCH3 is 2. The molecule has 1 aliphatic heterocycles. The topological polar surface area (TPSA) is 89.6 Å². The third-order valence-electron chi connectivity index (χ3n) is 5.07. The van der Waals surface area contributed by atoms with Crippen LogP contribution in [-0.4, -0.2) is 65.4 Å². The van der Waals surface area contributed by atoms with E-state index in [0.29, 0.717) is 47.9 Å². The van der Waals surface area contributed by atoms with Crippen molar-refractivity contribution in [1.29, 1.82) is 0 Å². The van der Waals surface area contributed by atoms with Crippen molar-refractivity contribution in [2.45, 2.75) is 25.4 Å². The summed E-state index contributed by atoms with van der Waals surface area (Å²) < 4.78 is 30.0. The summed E-state index contributed by atoms with van der Waals surface area (Å²) in [4.78, 5) is 25.4. The normalized spacial score (nSPS) is 19.3. The van der Waals surface area contributed by atoms with Crippen LogP contribution in [0.25, 0.3) is 11.0 Å². The summed E-state index contributed by atoms with van der Waals surface area (Å²) in [6.07, 6.45) is 0.124. The maximum absolute atomic E-state index is 14.5. The highest BCUT2D eigenvalue weighted by Crippen LogP contribution is 2.21. The number of carbonyl (C=O) groups excluding carboxylic acids is 1. The maximum Gasteiger partial charge on any atom is 0.337 e. The largest absolute Gasteiger partial charge is 0.481 e. The number of aromatic amines is 1. The summed E-state index contributed by atoms with van der Waals surface area (Å²) in [6.45, 7) is 1.54. The van der Waals surface area contributed by atoms with Crippen LogP contribution in [0.4, 0.5) is 4.39 Å². The molecule has 0 bridgehead atoms. The summed E-state index contributed by atoms with van der Waals surface area (Å²) in [7, 11) is 2.90. The fourth-order valence-electron chi connectivity index (χ4n) is 3.54. The van der Waals surface area contributed by atoms with E-state index in [4.69, 9.17) is 14.2 Å². The molecule has 2 aromatic heterocycles. The van der Waals surface area contributed by atoms with Crippen molar-refractivity contribution < 1.29 is 23.4 Å². The molecule has 8 nitrogen and oxygen atoms in total. The van der Waals surface area contributed by atoms with Gasteiger partial charge in [0.05, 0.1) is 30.8 Å². The average molecular weight is 414 g/mol. The molecule has 2 atom stereocenters. The quantitative estimate of drug-likeness (QED) is 0.594. The van der Waals surface area contributed by atoms with E-state index in [1.165, 1.54) is 7.11 Å². The summed E-state index contributed by atoms with van der Waals surface area (Å²) >= 11 is 0. The Bertz CT molecular complexity index is 1020. The number of likely N-dealkylation sites (tertiary alicyclic amines) is 1. The van der Waals surface area contributed by atoms with Crippen LogP contribution in [0.1, 0.15) is 21.7 Å². The summed E-state index contributed by atoms with van der Waals surface area (Å²) in [6, 6.07) is 8.78. The first kappa shape index (κ1) is 20.2. The maximum atomic E-state index is 14.5. The predicted octanol–water partition coefficient (Wildman–Crippen LogP) is 2.49. The number of nitrogens with one attached hydrogen (secondary N) is 1. The van der Waals surface area contributed by atoms with Crippen LogP contribution in [0.2, 0.25) is 0 Å². The zero-order chi connectivity index (χ0) is 21.1. The lowest BCUT2D eigenvalue weighted by Gasteiger charge is -2.15. The molecule has 1 saturated heterocycles. The van der Waals surface area contributed by atoms with Crippen molar-refractivity contribution in [3.63, 3.8) is 0 Å². The number of imidazole rings is 1. The Kier molecular flexibility index (Phi) is 5.91. The highest BCUT2D eigenvalue weighted by Gasteiger charge is 2.33. The van der Waals surface area contributed by atoms with Gasteiger partial charge in [-0.05, 0) is 23.8 Å². The number of hydrogen-bond donors (Lipinski definition) is 1. The molecule has 1 aliphatic rings. The van der Waals surface area contributed by atoms with Crippen molar-refractivity contribution in [2.75, 3.05) is 27.3 Å². The predicted molar refractivity (Wildman–Crippen MR) is 107 cm³/mol. The average Bonchev–Trinajstić information content (AvgIpc) is 3.33. The molecular formula is C21H23FN4O4. The third kappa shape index (κ3) is 4.42. The number of esters is 1. The molecule has 0 radical (unpaired) electrons. The number of rotatable bonds is 7. The molecule has 1 aromatic carbocycles. The fourth-order valence-corrected chi connectivity index (χ4v) is 3.54. The van der Waals surface area contributed by atoms with Gasteiger partial charge in [0.1, 0.15) is 24.7 Å². The molecule has 0 amide bonds. The number of aromatic nitrogens is 3. The minimum Gasteiger partial charge on any atom is -0.481 e. The molecule has 3 aromatic rings. The number of hydrogen-bond acceptors (Lipinski definition) is 7. The van der Waals surface area contributed by atoms with Gasteiger partial charge in [0.25, 0.3) is 0 Å². The van der Waals surface area contributed by atoms with Gasteiger partial charge in [-0.15, -0.1) is 0 Å². The highest BCUT2D eigenvalue weighted by molar-refractivity contribution is 5.93. The van der Waals surface area contributed by atoms with Crippen molar-refractivity contribution in [1.82, 2.24) is 19.9 Å². The number of halogens is 1. The summed E-state index contributed by atoms with van der Waals surface area (Å²) in [5, 5.41) is 0. The van der Waals surface area contributed by atoms with Gasteiger partial charge in [-0.2, -0.15) is 0 Å². The molecule has 1 fully saturated rings. The van der Waals surface area contributed by atoms with Gasteiger partial charge in [0, 0.05) is 31.9 Å². The Hall–Kier alpha value is -3.04. The molecular weight excluding hydrogens is 391 g/mol. The Morgan fingerprint density at radius 1 is 1.27 bits per heavy atom. The number of fused-ring (bicyclic) bond motifs is 1. The Morgan fingerprint density at radius 2 is 2.13 bits per heavy atom. The number of benzene rings is 1. The number of H-pyrrole nitrogens is 1. The van der Waals surface area contributed by atoms with Gasteiger partial charge >= 0.3 is 5.97 Å². The zero-order valence-electron chi connectivity index (χ0n) is 16.8. The molecule has 4 rings (SSSR count). The van der Waals surface area contributed by atoms with E-state index in [9.17, 15) is 9.18 Å². The standard InChI is InChI=1S/C21H23FN4O4/c1-28-20-6-3-13(8-23-20)9-26-10-15(22)18(11-26)30-12-19-24-16-5-4-14(21(27)29-2)7-17(16)25-19/h3-8,15,18H,9-12H2,1-2H3,(H,24,25)/t15-,18+/m1/s1. The molecule has 3 heterocycles. The lowest BCUT2D eigenvalue weighted by Crippen LogP contribution is -2.24.